The summed E-state index contributed by atoms with van der Waals surface area (Å²) in [6, 6.07) is 10.8. The molecule has 1 heterocycles. The van der Waals surface area contributed by atoms with Crippen molar-refractivity contribution in [2.24, 2.45) is 0 Å². The smallest absolute Gasteiger partial charge is 0.269 e. The monoisotopic (exact) mass is 336 g/mol. The second kappa shape index (κ2) is 6.96. The Labute approximate surface area is 132 Å². The summed E-state index contributed by atoms with van der Waals surface area (Å²) in [6.45, 7) is 0. The van der Waals surface area contributed by atoms with E-state index in [-0.39, 0.29) is 10.0 Å². The molecule has 3 N–H and O–H groups in total. The van der Waals surface area contributed by atoms with E-state index in [1.165, 1.54) is 36.7 Å². The molecule has 1 aromatic heterocycles. The first-order valence-corrected chi connectivity index (χ1v) is 7.96. The van der Waals surface area contributed by atoms with Gasteiger partial charge in [-0.15, -0.1) is 0 Å². The molecule has 0 radical (unpaired) electrons. The lowest BCUT2D eigenvalue weighted by Gasteiger charge is -2.12. The topological polar surface area (TPSA) is 100 Å². The van der Waals surface area contributed by atoms with Gasteiger partial charge in [-0.3, -0.25) is 25.4 Å². The Morgan fingerprint density at radius 2 is 1.64 bits per heavy atom. The number of pyridine rings is 1. The van der Waals surface area contributed by atoms with Crippen molar-refractivity contribution in [3.05, 3.63) is 60.4 Å². The molecular formula is C13H12N4O3S2. The third-order valence-corrected chi connectivity index (χ3v) is 4.21. The number of amides is 1. The van der Waals surface area contributed by atoms with E-state index in [9.17, 15) is 13.2 Å². The van der Waals surface area contributed by atoms with Crippen molar-refractivity contribution in [2.45, 2.75) is 4.90 Å². The van der Waals surface area contributed by atoms with Gasteiger partial charge in [0.2, 0.25) is 0 Å². The zero-order chi connectivity index (χ0) is 16.0. The van der Waals surface area contributed by atoms with Crippen LogP contribution >= 0.6 is 12.2 Å². The normalized spacial score (nSPS) is 10.5. The van der Waals surface area contributed by atoms with Gasteiger partial charge >= 0.3 is 0 Å². The standard InChI is InChI=1S/C13H12N4O3S2/c18-12(10-6-8-14-9-7-10)15-16-13(21)17-22(19,20)11-4-2-1-3-5-11/h1-9H,(H,15,18)(H2,16,17,21). The molecule has 0 atom stereocenters. The van der Waals surface area contributed by atoms with Crippen molar-refractivity contribution in [3.63, 3.8) is 0 Å². The predicted octanol–water partition coefficient (Wildman–Crippen LogP) is 0.579. The van der Waals surface area contributed by atoms with Gasteiger partial charge in [-0.25, -0.2) is 8.42 Å². The van der Waals surface area contributed by atoms with Gasteiger partial charge in [0.1, 0.15) is 0 Å². The summed E-state index contributed by atoms with van der Waals surface area (Å²) in [6.07, 6.45) is 2.93. The van der Waals surface area contributed by atoms with E-state index in [0.717, 1.165) is 0 Å². The number of rotatable bonds is 3. The van der Waals surface area contributed by atoms with Crippen LogP contribution in [-0.4, -0.2) is 24.4 Å². The minimum Gasteiger partial charge on any atom is -0.273 e. The number of hydrogen-bond acceptors (Lipinski definition) is 5. The third kappa shape index (κ3) is 4.24. The molecule has 114 valence electrons. The van der Waals surface area contributed by atoms with Crippen LogP contribution in [0.15, 0.2) is 59.8 Å². The maximum atomic E-state index is 12.0. The van der Waals surface area contributed by atoms with Crippen LogP contribution in [-0.2, 0) is 10.0 Å². The van der Waals surface area contributed by atoms with Crippen molar-refractivity contribution in [1.29, 1.82) is 0 Å². The van der Waals surface area contributed by atoms with Gasteiger partial charge in [0.25, 0.3) is 15.9 Å². The van der Waals surface area contributed by atoms with Gasteiger partial charge in [-0.05, 0) is 36.5 Å². The number of hydrazine groups is 1. The molecule has 22 heavy (non-hydrogen) atoms. The summed E-state index contributed by atoms with van der Waals surface area (Å²) in [7, 11) is -3.79. The summed E-state index contributed by atoms with van der Waals surface area (Å²) in [5, 5.41) is -0.244. The highest BCUT2D eigenvalue weighted by molar-refractivity contribution is 7.91. The first-order chi connectivity index (χ1) is 10.5. The lowest BCUT2D eigenvalue weighted by Crippen LogP contribution is -2.48. The van der Waals surface area contributed by atoms with Crippen LogP contribution in [0.2, 0.25) is 0 Å². The third-order valence-electron chi connectivity index (χ3n) is 2.51. The minimum absolute atomic E-state index is 0.0691. The summed E-state index contributed by atoms with van der Waals surface area (Å²) in [5.41, 5.74) is 4.97. The fraction of sp³-hybridized carbons (Fsp3) is 0. The Morgan fingerprint density at radius 3 is 2.27 bits per heavy atom. The van der Waals surface area contributed by atoms with Crippen molar-refractivity contribution in [2.75, 3.05) is 0 Å². The maximum absolute atomic E-state index is 12.0. The summed E-state index contributed by atoms with van der Waals surface area (Å²) >= 11 is 4.84. The van der Waals surface area contributed by atoms with Crippen molar-refractivity contribution in [3.8, 4) is 0 Å². The Kier molecular flexibility index (Phi) is 5.02. The van der Waals surface area contributed by atoms with Crippen LogP contribution in [0.3, 0.4) is 0 Å². The minimum atomic E-state index is -3.79. The number of aromatic nitrogens is 1. The van der Waals surface area contributed by atoms with Crippen LogP contribution in [0.1, 0.15) is 10.4 Å². The average Bonchev–Trinajstić information content (AvgIpc) is 2.54. The largest absolute Gasteiger partial charge is 0.273 e. The molecule has 0 aliphatic heterocycles. The summed E-state index contributed by atoms with van der Waals surface area (Å²) in [4.78, 5) is 15.6. The fourth-order valence-electron chi connectivity index (χ4n) is 1.50. The van der Waals surface area contributed by atoms with Gasteiger partial charge in [0.15, 0.2) is 5.11 Å². The predicted molar refractivity (Wildman–Crippen MR) is 84.2 cm³/mol. The molecule has 0 unspecified atom stereocenters. The van der Waals surface area contributed by atoms with E-state index < -0.39 is 15.9 Å². The molecule has 7 nitrogen and oxygen atoms in total. The van der Waals surface area contributed by atoms with Gasteiger partial charge in [0.05, 0.1) is 4.90 Å². The molecule has 0 aliphatic carbocycles. The number of benzene rings is 1. The summed E-state index contributed by atoms with van der Waals surface area (Å²) in [5.74, 6) is -0.469. The van der Waals surface area contributed by atoms with Crippen LogP contribution in [0, 0.1) is 0 Å². The number of hydrogen-bond donors (Lipinski definition) is 3. The van der Waals surface area contributed by atoms with E-state index in [1.54, 1.807) is 18.2 Å². The molecule has 0 saturated heterocycles. The quantitative estimate of drug-likeness (QED) is 0.560. The number of carbonyl (C=O) groups is 1. The molecule has 0 saturated carbocycles. The zero-order valence-electron chi connectivity index (χ0n) is 11.2. The Morgan fingerprint density at radius 1 is 1.00 bits per heavy atom. The van der Waals surface area contributed by atoms with Gasteiger partial charge in [0, 0.05) is 18.0 Å². The zero-order valence-corrected chi connectivity index (χ0v) is 12.8. The molecule has 0 fully saturated rings. The highest BCUT2D eigenvalue weighted by atomic mass is 32.2. The van der Waals surface area contributed by atoms with E-state index >= 15 is 0 Å². The van der Waals surface area contributed by atoms with E-state index in [1.807, 2.05) is 0 Å². The van der Waals surface area contributed by atoms with Crippen molar-refractivity contribution >= 4 is 33.3 Å². The molecule has 0 aliphatic rings. The van der Waals surface area contributed by atoms with Crippen LogP contribution in [0.5, 0.6) is 0 Å². The molecule has 0 spiro atoms. The maximum Gasteiger partial charge on any atom is 0.269 e. The van der Waals surface area contributed by atoms with Gasteiger partial charge < -0.3 is 0 Å². The van der Waals surface area contributed by atoms with Gasteiger partial charge in [-0.1, -0.05) is 18.2 Å². The molecular weight excluding hydrogens is 324 g/mol. The second-order valence-corrected chi connectivity index (χ2v) is 6.15. The van der Waals surface area contributed by atoms with Crippen LogP contribution < -0.4 is 15.6 Å². The first-order valence-electron chi connectivity index (χ1n) is 6.07. The van der Waals surface area contributed by atoms with E-state index in [4.69, 9.17) is 12.2 Å². The highest BCUT2D eigenvalue weighted by Crippen LogP contribution is 2.06. The lowest BCUT2D eigenvalue weighted by molar-refractivity contribution is 0.0943. The molecule has 0 bridgehead atoms. The summed E-state index contributed by atoms with van der Waals surface area (Å²) < 4.78 is 26.1. The molecule has 1 aromatic carbocycles. The number of thiocarbonyl (C=S) groups is 1. The Hall–Kier alpha value is -2.52. The number of sulfonamides is 1. The highest BCUT2D eigenvalue weighted by Gasteiger charge is 2.15. The Bertz CT molecular complexity index is 764. The number of carbonyl (C=O) groups excluding carboxylic acids is 1. The van der Waals surface area contributed by atoms with Crippen LogP contribution in [0.4, 0.5) is 0 Å². The fourth-order valence-corrected chi connectivity index (χ4v) is 2.80. The van der Waals surface area contributed by atoms with E-state index in [0.29, 0.717) is 5.56 Å². The van der Waals surface area contributed by atoms with Crippen LogP contribution in [0.25, 0.3) is 0 Å². The Balaban J connectivity index is 1.92. The van der Waals surface area contributed by atoms with Crippen molar-refractivity contribution < 1.29 is 13.2 Å². The van der Waals surface area contributed by atoms with Crippen molar-refractivity contribution in [1.82, 2.24) is 20.6 Å². The number of nitrogens with zero attached hydrogens (tertiary/aromatic N) is 1. The number of nitrogens with one attached hydrogen (secondary N) is 3. The van der Waals surface area contributed by atoms with E-state index in [2.05, 4.69) is 20.6 Å². The molecule has 1 amide bonds. The first kappa shape index (κ1) is 15.9. The molecule has 2 aromatic rings. The second-order valence-electron chi connectivity index (χ2n) is 4.06. The average molecular weight is 336 g/mol. The SMILES string of the molecule is O=C(NNC(=S)NS(=O)(=O)c1ccccc1)c1ccncc1. The van der Waals surface area contributed by atoms with Gasteiger partial charge in [-0.2, -0.15) is 0 Å². The lowest BCUT2D eigenvalue weighted by atomic mass is 10.3. The molecule has 2 rings (SSSR count). The molecule has 9 heteroatoms.